The molecule has 1 N–H and O–H groups in total. The number of rotatable bonds is 1. The molecule has 0 saturated heterocycles. The average molecular weight is 226 g/mol. The van der Waals surface area contributed by atoms with E-state index in [0.717, 1.165) is 10.8 Å². The molecule has 2 aromatic rings. The molecule has 4 nitrogen and oxygen atoms in total. The van der Waals surface area contributed by atoms with E-state index in [2.05, 4.69) is 9.98 Å². The third kappa shape index (κ3) is 1.34. The lowest BCUT2D eigenvalue weighted by Gasteiger charge is -2.09. The van der Waals surface area contributed by atoms with Crippen molar-refractivity contribution >= 4 is 16.7 Å². The Hall–Kier alpha value is -2.23. The molecule has 0 aliphatic carbocycles. The molecule has 0 radical (unpaired) electrons. The molecule has 0 saturated carbocycles. The van der Waals surface area contributed by atoms with E-state index in [0.29, 0.717) is 10.7 Å². The Bertz CT molecular complexity index is 752. The maximum atomic E-state index is 11.1. The number of benzene rings is 2. The second kappa shape index (κ2) is 3.13. The van der Waals surface area contributed by atoms with Gasteiger partial charge in [-0.2, -0.15) is 0 Å². The summed E-state index contributed by atoms with van der Waals surface area (Å²) in [5.74, 6) is -1.03. The van der Waals surface area contributed by atoms with Gasteiger partial charge in [-0.25, -0.2) is 14.8 Å². The standard InChI is InChI=1S/C13H10N2O2/c1-13(12(16)17)14-10-7-6-8-4-2-3-5-9(8)11(10)15-13/h2-7H,1H3,(H,16,17). The van der Waals surface area contributed by atoms with Gasteiger partial charge in [0.15, 0.2) is 0 Å². The fourth-order valence-electron chi connectivity index (χ4n) is 2.02. The molecule has 84 valence electrons. The fourth-order valence-corrected chi connectivity index (χ4v) is 2.02. The van der Waals surface area contributed by atoms with Crippen LogP contribution >= 0.6 is 0 Å². The number of carboxylic acids is 1. The molecule has 3 rings (SSSR count). The molecular weight excluding hydrogens is 216 g/mol. The van der Waals surface area contributed by atoms with E-state index >= 15 is 0 Å². The van der Waals surface area contributed by atoms with Gasteiger partial charge >= 0.3 is 5.97 Å². The predicted octanol–water partition coefficient (Wildman–Crippen LogP) is 0.893. The van der Waals surface area contributed by atoms with Crippen LogP contribution in [0.25, 0.3) is 10.8 Å². The summed E-state index contributed by atoms with van der Waals surface area (Å²) in [6.07, 6.45) is 0. The molecule has 0 spiro atoms. The fraction of sp³-hybridized carbons (Fsp3) is 0.154. The summed E-state index contributed by atoms with van der Waals surface area (Å²) in [5.41, 5.74) is -1.38. The summed E-state index contributed by atoms with van der Waals surface area (Å²) >= 11 is 0. The highest BCUT2D eigenvalue weighted by atomic mass is 16.4. The highest BCUT2D eigenvalue weighted by molar-refractivity contribution is 5.83. The smallest absolute Gasteiger partial charge is 0.354 e. The first-order chi connectivity index (χ1) is 8.10. The normalized spacial score (nSPS) is 21.7. The van der Waals surface area contributed by atoms with Crippen LogP contribution in [0.2, 0.25) is 0 Å². The Morgan fingerprint density at radius 2 is 1.94 bits per heavy atom. The topological polar surface area (TPSA) is 62.0 Å². The van der Waals surface area contributed by atoms with Gasteiger partial charge in [0.05, 0.1) is 10.7 Å². The second-order valence-corrected chi connectivity index (χ2v) is 4.20. The molecule has 2 aromatic carbocycles. The van der Waals surface area contributed by atoms with Crippen molar-refractivity contribution in [2.45, 2.75) is 12.6 Å². The Morgan fingerprint density at radius 3 is 2.71 bits per heavy atom. The molecular formula is C13H10N2O2. The Labute approximate surface area is 96.9 Å². The van der Waals surface area contributed by atoms with Crippen molar-refractivity contribution in [2.75, 3.05) is 0 Å². The van der Waals surface area contributed by atoms with Gasteiger partial charge < -0.3 is 5.11 Å². The number of aliphatic carboxylic acids is 1. The van der Waals surface area contributed by atoms with E-state index in [4.69, 9.17) is 5.11 Å². The van der Waals surface area contributed by atoms with E-state index in [-0.39, 0.29) is 0 Å². The molecule has 17 heavy (non-hydrogen) atoms. The highest BCUT2D eigenvalue weighted by Crippen LogP contribution is 2.15. The van der Waals surface area contributed by atoms with Crippen molar-refractivity contribution in [3.63, 3.8) is 0 Å². The monoisotopic (exact) mass is 226 g/mol. The van der Waals surface area contributed by atoms with Crippen molar-refractivity contribution in [3.8, 4) is 0 Å². The van der Waals surface area contributed by atoms with Gasteiger partial charge in [-0.3, -0.25) is 0 Å². The van der Waals surface area contributed by atoms with Gasteiger partial charge in [0, 0.05) is 5.39 Å². The SMILES string of the molecule is CC1(C(=O)O)N=c2ccc3ccccc3c2=N1. The Morgan fingerprint density at radius 1 is 1.18 bits per heavy atom. The minimum Gasteiger partial charge on any atom is -0.478 e. The number of carbonyl (C=O) groups is 1. The van der Waals surface area contributed by atoms with Crippen LogP contribution in [-0.2, 0) is 4.79 Å². The predicted molar refractivity (Wildman–Crippen MR) is 62.3 cm³/mol. The van der Waals surface area contributed by atoms with Gasteiger partial charge in [-0.15, -0.1) is 0 Å². The van der Waals surface area contributed by atoms with E-state index in [1.807, 2.05) is 36.4 Å². The van der Waals surface area contributed by atoms with Gasteiger partial charge in [-0.05, 0) is 18.4 Å². The Balaban J connectivity index is 2.45. The van der Waals surface area contributed by atoms with Gasteiger partial charge in [0.25, 0.3) is 0 Å². The molecule has 0 aromatic heterocycles. The van der Waals surface area contributed by atoms with Crippen LogP contribution in [0.15, 0.2) is 46.4 Å². The summed E-state index contributed by atoms with van der Waals surface area (Å²) < 4.78 is 0. The van der Waals surface area contributed by atoms with Crippen molar-refractivity contribution in [1.29, 1.82) is 0 Å². The average Bonchev–Trinajstić information content (AvgIpc) is 2.67. The summed E-state index contributed by atoms with van der Waals surface area (Å²) in [6, 6.07) is 11.5. The second-order valence-electron chi connectivity index (χ2n) is 4.20. The van der Waals surface area contributed by atoms with Crippen LogP contribution in [-0.4, -0.2) is 16.7 Å². The lowest BCUT2D eigenvalue weighted by Crippen LogP contribution is -2.29. The minimum absolute atomic E-state index is 0.647. The first-order valence-electron chi connectivity index (χ1n) is 5.31. The molecule has 1 atom stereocenters. The zero-order valence-corrected chi connectivity index (χ0v) is 9.21. The highest BCUT2D eigenvalue weighted by Gasteiger charge is 2.34. The van der Waals surface area contributed by atoms with Crippen LogP contribution in [0, 0.1) is 0 Å². The maximum absolute atomic E-state index is 11.1. The first kappa shape index (κ1) is 9.96. The summed E-state index contributed by atoms with van der Waals surface area (Å²) in [7, 11) is 0. The molecule has 1 heterocycles. The number of carboxylic acid groups (broad SMARTS) is 1. The van der Waals surface area contributed by atoms with Crippen molar-refractivity contribution in [3.05, 3.63) is 47.1 Å². The van der Waals surface area contributed by atoms with Crippen LogP contribution in [0.1, 0.15) is 6.92 Å². The van der Waals surface area contributed by atoms with E-state index in [1.165, 1.54) is 6.92 Å². The summed E-state index contributed by atoms with van der Waals surface area (Å²) in [5, 5.41) is 12.4. The molecule has 1 unspecified atom stereocenters. The van der Waals surface area contributed by atoms with Gasteiger partial charge in [0.2, 0.25) is 5.66 Å². The lowest BCUT2D eigenvalue weighted by molar-refractivity contribution is -0.142. The van der Waals surface area contributed by atoms with Crippen molar-refractivity contribution < 1.29 is 9.90 Å². The van der Waals surface area contributed by atoms with Crippen LogP contribution in [0.5, 0.6) is 0 Å². The largest absolute Gasteiger partial charge is 0.478 e. The molecule has 1 aliphatic rings. The molecule has 0 amide bonds. The van der Waals surface area contributed by atoms with Crippen LogP contribution < -0.4 is 10.7 Å². The third-order valence-corrected chi connectivity index (χ3v) is 2.95. The lowest BCUT2D eigenvalue weighted by atomic mass is 10.1. The van der Waals surface area contributed by atoms with Gasteiger partial charge in [-0.1, -0.05) is 30.3 Å². The van der Waals surface area contributed by atoms with Gasteiger partial charge in [0.1, 0.15) is 0 Å². The zero-order chi connectivity index (χ0) is 12.0. The Kier molecular flexibility index (Phi) is 1.84. The number of hydrogen-bond donors (Lipinski definition) is 1. The van der Waals surface area contributed by atoms with E-state index in [9.17, 15) is 4.79 Å². The molecule has 1 aliphatic heterocycles. The maximum Gasteiger partial charge on any atom is 0.354 e. The van der Waals surface area contributed by atoms with Crippen molar-refractivity contribution in [2.24, 2.45) is 9.98 Å². The van der Waals surface area contributed by atoms with E-state index in [1.54, 1.807) is 0 Å². The van der Waals surface area contributed by atoms with E-state index < -0.39 is 11.6 Å². The third-order valence-electron chi connectivity index (χ3n) is 2.95. The number of nitrogens with zero attached hydrogens (tertiary/aromatic N) is 2. The summed E-state index contributed by atoms with van der Waals surface area (Å²) in [6.45, 7) is 1.50. The van der Waals surface area contributed by atoms with Crippen LogP contribution in [0.4, 0.5) is 0 Å². The van der Waals surface area contributed by atoms with Crippen LogP contribution in [0.3, 0.4) is 0 Å². The first-order valence-corrected chi connectivity index (χ1v) is 5.31. The molecule has 0 fully saturated rings. The summed E-state index contributed by atoms with van der Waals surface area (Å²) in [4.78, 5) is 19.6. The minimum atomic E-state index is -1.38. The molecule has 4 heteroatoms. The number of fused-ring (bicyclic) bond motifs is 3. The quantitative estimate of drug-likeness (QED) is 0.785. The zero-order valence-electron chi connectivity index (χ0n) is 9.21. The molecule has 0 bridgehead atoms. The van der Waals surface area contributed by atoms with Crippen molar-refractivity contribution in [1.82, 2.24) is 0 Å². The number of hydrogen-bond acceptors (Lipinski definition) is 3.